The second-order valence-electron chi connectivity index (χ2n) is 2.95. The van der Waals surface area contributed by atoms with E-state index >= 15 is 0 Å². The van der Waals surface area contributed by atoms with Gasteiger partial charge in [-0.3, -0.25) is 4.79 Å². The first-order valence-electron chi connectivity index (χ1n) is 4.56. The van der Waals surface area contributed by atoms with Crippen LogP contribution in [0.3, 0.4) is 0 Å². The molecule has 1 aromatic heterocycles. The van der Waals surface area contributed by atoms with Crippen LogP contribution in [-0.2, 0) is 0 Å². The standard InChI is InChI=1S/C12H13NO2/c1-3-5-6-9(4-2)10-7-11(14)12(15)13-8-10/h3-8,14H,2H2,1H3,(H,13,15)/b5-3-,9-6+. The summed E-state index contributed by atoms with van der Waals surface area (Å²) in [6.07, 6.45) is 8.79. The molecule has 0 bridgehead atoms. The Morgan fingerprint density at radius 3 is 2.87 bits per heavy atom. The first-order chi connectivity index (χ1) is 7.19. The van der Waals surface area contributed by atoms with Gasteiger partial charge in [0.1, 0.15) is 0 Å². The second kappa shape index (κ2) is 5.00. The Bertz CT molecular complexity index is 467. The Kier molecular flexibility index (Phi) is 3.68. The third-order valence-corrected chi connectivity index (χ3v) is 1.91. The zero-order chi connectivity index (χ0) is 11.3. The molecular weight excluding hydrogens is 190 g/mol. The van der Waals surface area contributed by atoms with Gasteiger partial charge in [0.15, 0.2) is 5.75 Å². The van der Waals surface area contributed by atoms with Crippen LogP contribution in [0.25, 0.3) is 5.57 Å². The minimum Gasteiger partial charge on any atom is -0.503 e. The molecular formula is C12H13NO2. The van der Waals surface area contributed by atoms with Crippen molar-refractivity contribution in [1.29, 1.82) is 0 Å². The number of hydrogen-bond acceptors (Lipinski definition) is 2. The van der Waals surface area contributed by atoms with Gasteiger partial charge in [0.2, 0.25) is 0 Å². The van der Waals surface area contributed by atoms with E-state index in [0.29, 0.717) is 0 Å². The number of hydrogen-bond donors (Lipinski definition) is 2. The molecule has 0 aliphatic rings. The minimum atomic E-state index is -0.492. The second-order valence-corrected chi connectivity index (χ2v) is 2.95. The molecule has 0 unspecified atom stereocenters. The van der Waals surface area contributed by atoms with Crippen LogP contribution >= 0.6 is 0 Å². The van der Waals surface area contributed by atoms with E-state index in [4.69, 9.17) is 0 Å². The summed E-state index contributed by atoms with van der Waals surface area (Å²) in [5, 5.41) is 9.25. The zero-order valence-electron chi connectivity index (χ0n) is 8.53. The lowest BCUT2D eigenvalue weighted by atomic mass is 10.1. The van der Waals surface area contributed by atoms with E-state index in [1.54, 1.807) is 12.3 Å². The van der Waals surface area contributed by atoms with Crippen molar-refractivity contribution >= 4 is 5.57 Å². The van der Waals surface area contributed by atoms with Gasteiger partial charge in [-0.1, -0.05) is 30.9 Å². The molecule has 0 aromatic carbocycles. The summed E-state index contributed by atoms with van der Waals surface area (Å²) in [4.78, 5) is 13.4. The summed E-state index contributed by atoms with van der Waals surface area (Å²) in [7, 11) is 0. The lowest BCUT2D eigenvalue weighted by Gasteiger charge is -2.01. The Labute approximate surface area is 88.1 Å². The van der Waals surface area contributed by atoms with Gasteiger partial charge in [-0.2, -0.15) is 0 Å². The normalized spacial score (nSPS) is 11.9. The first kappa shape index (κ1) is 11.0. The Hall–Kier alpha value is -2.03. The van der Waals surface area contributed by atoms with Crippen LogP contribution in [0.5, 0.6) is 5.75 Å². The molecule has 78 valence electrons. The van der Waals surface area contributed by atoms with E-state index < -0.39 is 5.56 Å². The van der Waals surface area contributed by atoms with Gasteiger partial charge < -0.3 is 10.1 Å². The lowest BCUT2D eigenvalue weighted by molar-refractivity contribution is 0.466. The van der Waals surface area contributed by atoms with E-state index in [9.17, 15) is 9.90 Å². The molecule has 0 fully saturated rings. The molecule has 3 nitrogen and oxygen atoms in total. The van der Waals surface area contributed by atoms with Crippen LogP contribution in [0.2, 0.25) is 0 Å². The SMILES string of the molecule is C=C/C(=C\C=C/C)c1c[nH]c(=O)c(O)c1. The van der Waals surface area contributed by atoms with E-state index in [-0.39, 0.29) is 5.75 Å². The molecule has 0 aliphatic carbocycles. The number of aromatic amines is 1. The summed E-state index contributed by atoms with van der Waals surface area (Å²) in [6.45, 7) is 5.57. The van der Waals surface area contributed by atoms with Crippen molar-refractivity contribution in [1.82, 2.24) is 4.98 Å². The lowest BCUT2D eigenvalue weighted by Crippen LogP contribution is -2.04. The number of nitrogens with one attached hydrogen (secondary N) is 1. The van der Waals surface area contributed by atoms with Crippen LogP contribution in [0.4, 0.5) is 0 Å². The van der Waals surface area contributed by atoms with Crippen molar-refractivity contribution in [2.75, 3.05) is 0 Å². The maximum atomic E-state index is 10.9. The number of rotatable bonds is 3. The molecule has 1 aromatic rings. The quantitative estimate of drug-likeness (QED) is 0.740. The molecule has 0 saturated carbocycles. The van der Waals surface area contributed by atoms with E-state index in [0.717, 1.165) is 11.1 Å². The third-order valence-electron chi connectivity index (χ3n) is 1.91. The number of allylic oxidation sites excluding steroid dienone is 5. The summed E-state index contributed by atoms with van der Waals surface area (Å²) >= 11 is 0. The van der Waals surface area contributed by atoms with Crippen LogP contribution in [0.15, 0.2) is 47.9 Å². The van der Waals surface area contributed by atoms with Crippen LogP contribution in [-0.4, -0.2) is 10.1 Å². The van der Waals surface area contributed by atoms with Gasteiger partial charge in [0.25, 0.3) is 5.56 Å². The molecule has 1 heterocycles. The van der Waals surface area contributed by atoms with Gasteiger partial charge in [0, 0.05) is 11.8 Å². The van der Waals surface area contributed by atoms with Gasteiger partial charge in [0.05, 0.1) is 0 Å². The monoisotopic (exact) mass is 203 g/mol. The fourth-order valence-corrected chi connectivity index (χ4v) is 1.12. The third kappa shape index (κ3) is 2.71. The summed E-state index contributed by atoms with van der Waals surface area (Å²) in [6, 6.07) is 1.41. The van der Waals surface area contributed by atoms with E-state index in [1.807, 2.05) is 25.2 Å². The summed E-state index contributed by atoms with van der Waals surface area (Å²) in [5.41, 5.74) is 1.06. The molecule has 2 N–H and O–H groups in total. The van der Waals surface area contributed by atoms with Crippen molar-refractivity contribution in [2.24, 2.45) is 0 Å². The first-order valence-corrected chi connectivity index (χ1v) is 4.56. The average molecular weight is 203 g/mol. The summed E-state index contributed by atoms with van der Waals surface area (Å²) < 4.78 is 0. The highest BCUT2D eigenvalue weighted by atomic mass is 16.3. The molecule has 15 heavy (non-hydrogen) atoms. The molecule has 0 atom stereocenters. The van der Waals surface area contributed by atoms with Crippen LogP contribution in [0.1, 0.15) is 12.5 Å². The maximum Gasteiger partial charge on any atom is 0.290 e. The van der Waals surface area contributed by atoms with Crippen molar-refractivity contribution in [2.45, 2.75) is 6.92 Å². The molecule has 0 aliphatic heterocycles. The minimum absolute atomic E-state index is 0.291. The number of H-pyrrole nitrogens is 1. The Balaban J connectivity index is 3.19. The zero-order valence-corrected chi connectivity index (χ0v) is 8.53. The summed E-state index contributed by atoms with van der Waals surface area (Å²) in [5.74, 6) is -0.291. The molecule has 0 amide bonds. The molecule has 1 rings (SSSR count). The van der Waals surface area contributed by atoms with E-state index in [2.05, 4.69) is 11.6 Å². The smallest absolute Gasteiger partial charge is 0.290 e. The Morgan fingerprint density at radius 1 is 1.60 bits per heavy atom. The fraction of sp³-hybridized carbons (Fsp3) is 0.0833. The van der Waals surface area contributed by atoms with Gasteiger partial charge in [-0.25, -0.2) is 0 Å². The highest BCUT2D eigenvalue weighted by Gasteiger charge is 2.01. The van der Waals surface area contributed by atoms with Crippen molar-refractivity contribution in [3.05, 3.63) is 59.1 Å². The largest absolute Gasteiger partial charge is 0.503 e. The van der Waals surface area contributed by atoms with Gasteiger partial charge in [-0.05, 0) is 18.6 Å². The molecule has 0 radical (unpaired) electrons. The van der Waals surface area contributed by atoms with Crippen LogP contribution < -0.4 is 5.56 Å². The van der Waals surface area contributed by atoms with Crippen molar-refractivity contribution in [3.63, 3.8) is 0 Å². The number of pyridine rings is 1. The topological polar surface area (TPSA) is 53.1 Å². The predicted molar refractivity (Wildman–Crippen MR) is 61.7 cm³/mol. The maximum absolute atomic E-state index is 10.9. The predicted octanol–water partition coefficient (Wildman–Crippen LogP) is 2.23. The molecule has 0 saturated heterocycles. The highest BCUT2D eigenvalue weighted by molar-refractivity contribution is 5.74. The van der Waals surface area contributed by atoms with Crippen LogP contribution in [0, 0.1) is 0 Å². The van der Waals surface area contributed by atoms with Gasteiger partial charge in [-0.15, -0.1) is 0 Å². The molecule has 3 heteroatoms. The number of aromatic hydroxyl groups is 1. The van der Waals surface area contributed by atoms with Gasteiger partial charge >= 0.3 is 0 Å². The fourth-order valence-electron chi connectivity index (χ4n) is 1.12. The van der Waals surface area contributed by atoms with Crippen molar-refractivity contribution in [3.8, 4) is 5.75 Å². The Morgan fingerprint density at radius 2 is 2.33 bits per heavy atom. The highest BCUT2D eigenvalue weighted by Crippen LogP contribution is 2.16. The van der Waals surface area contributed by atoms with E-state index in [1.165, 1.54) is 6.07 Å². The van der Waals surface area contributed by atoms with Crippen molar-refractivity contribution < 1.29 is 5.11 Å². The average Bonchev–Trinajstić information content (AvgIpc) is 2.24. The molecule has 0 spiro atoms. The number of aromatic nitrogens is 1.